The average Bonchev–Trinajstić information content (AvgIpc) is 2.47. The second-order valence-corrected chi connectivity index (χ2v) is 6.97. The van der Waals surface area contributed by atoms with Crippen molar-refractivity contribution in [2.24, 2.45) is 0 Å². The van der Waals surface area contributed by atoms with E-state index in [1.807, 2.05) is 0 Å². The smallest absolute Gasteiger partial charge is 0.355 e. The van der Waals surface area contributed by atoms with Gasteiger partial charge in [-0.2, -0.15) is 24.9 Å². The molecule has 1 amide bonds. The molecule has 1 aromatic rings. The maximum Gasteiger partial charge on any atom is 0.417 e. The third-order valence-corrected chi connectivity index (χ3v) is 5.69. The monoisotopic (exact) mass is 336 g/mol. The SMILES string of the molecule is O=C(NCCc1ccc(C(F)(F)F)cn1)C1CSCCS1. The minimum atomic E-state index is -4.37. The summed E-state index contributed by atoms with van der Waals surface area (Å²) in [6.45, 7) is 0.388. The van der Waals surface area contributed by atoms with E-state index < -0.39 is 11.7 Å². The Morgan fingerprint density at radius 3 is 2.76 bits per heavy atom. The van der Waals surface area contributed by atoms with Gasteiger partial charge in [0.2, 0.25) is 5.91 Å². The summed E-state index contributed by atoms with van der Waals surface area (Å²) in [5.41, 5.74) is -0.222. The van der Waals surface area contributed by atoms with Gasteiger partial charge in [0.1, 0.15) is 0 Å². The number of nitrogens with zero attached hydrogens (tertiary/aromatic N) is 1. The van der Waals surface area contributed by atoms with Crippen LogP contribution in [-0.4, -0.2) is 39.9 Å². The van der Waals surface area contributed by atoms with Gasteiger partial charge in [0.25, 0.3) is 0 Å². The summed E-state index contributed by atoms with van der Waals surface area (Å²) < 4.78 is 37.1. The molecular formula is C13H15F3N2OS2. The van der Waals surface area contributed by atoms with Crippen LogP contribution in [0.3, 0.4) is 0 Å². The van der Waals surface area contributed by atoms with Crippen LogP contribution in [-0.2, 0) is 17.4 Å². The fraction of sp³-hybridized carbons (Fsp3) is 0.538. The highest BCUT2D eigenvalue weighted by molar-refractivity contribution is 8.07. The molecule has 0 aromatic carbocycles. The standard InChI is InChI=1S/C13H15F3N2OS2/c14-13(15,16)9-1-2-10(18-7-9)3-4-17-12(19)11-8-20-5-6-21-11/h1-2,7,11H,3-6,8H2,(H,17,19). The number of alkyl halides is 3. The highest BCUT2D eigenvalue weighted by Crippen LogP contribution is 2.28. The summed E-state index contributed by atoms with van der Waals surface area (Å²) >= 11 is 3.41. The van der Waals surface area contributed by atoms with Gasteiger partial charge >= 0.3 is 6.18 Å². The van der Waals surface area contributed by atoms with E-state index in [-0.39, 0.29) is 11.2 Å². The van der Waals surface area contributed by atoms with Gasteiger partial charge in [0.05, 0.1) is 10.8 Å². The van der Waals surface area contributed by atoms with Crippen LogP contribution in [0.2, 0.25) is 0 Å². The Labute approximate surface area is 129 Å². The largest absolute Gasteiger partial charge is 0.417 e. The topological polar surface area (TPSA) is 42.0 Å². The van der Waals surface area contributed by atoms with Gasteiger partial charge in [-0.3, -0.25) is 9.78 Å². The summed E-state index contributed by atoms with van der Waals surface area (Å²) in [7, 11) is 0. The van der Waals surface area contributed by atoms with E-state index in [4.69, 9.17) is 0 Å². The number of amides is 1. The Bertz CT molecular complexity index is 473. The first-order valence-electron chi connectivity index (χ1n) is 6.46. The van der Waals surface area contributed by atoms with Gasteiger partial charge in [-0.25, -0.2) is 0 Å². The number of carbonyl (C=O) groups is 1. The number of rotatable bonds is 4. The van der Waals surface area contributed by atoms with Crippen molar-refractivity contribution in [3.05, 3.63) is 29.6 Å². The Morgan fingerprint density at radius 1 is 1.38 bits per heavy atom. The van der Waals surface area contributed by atoms with Gasteiger partial charge in [-0.15, -0.1) is 11.8 Å². The van der Waals surface area contributed by atoms with Crippen molar-refractivity contribution in [1.82, 2.24) is 10.3 Å². The van der Waals surface area contributed by atoms with Gasteiger partial charge in [0.15, 0.2) is 0 Å². The number of halogens is 3. The molecule has 2 heterocycles. The van der Waals surface area contributed by atoms with E-state index in [9.17, 15) is 18.0 Å². The predicted octanol–water partition coefficient (Wildman–Crippen LogP) is 2.61. The van der Waals surface area contributed by atoms with E-state index in [0.717, 1.165) is 29.5 Å². The van der Waals surface area contributed by atoms with Crippen molar-refractivity contribution in [3.63, 3.8) is 0 Å². The highest BCUT2D eigenvalue weighted by atomic mass is 32.2. The van der Waals surface area contributed by atoms with E-state index in [1.54, 1.807) is 23.5 Å². The molecular weight excluding hydrogens is 321 g/mol. The second-order valence-electron chi connectivity index (χ2n) is 4.51. The Balaban J connectivity index is 1.76. The lowest BCUT2D eigenvalue weighted by molar-refractivity contribution is -0.137. The summed E-state index contributed by atoms with van der Waals surface area (Å²) in [6.07, 6.45) is -3.12. The maximum absolute atomic E-state index is 12.4. The molecule has 0 saturated carbocycles. The minimum Gasteiger partial charge on any atom is -0.355 e. The van der Waals surface area contributed by atoms with E-state index in [2.05, 4.69) is 10.3 Å². The fourth-order valence-electron chi connectivity index (χ4n) is 1.81. The molecule has 2 rings (SSSR count). The van der Waals surface area contributed by atoms with Crippen molar-refractivity contribution in [2.45, 2.75) is 17.8 Å². The summed E-state index contributed by atoms with van der Waals surface area (Å²) in [5, 5.41) is 2.79. The molecule has 21 heavy (non-hydrogen) atoms. The lowest BCUT2D eigenvalue weighted by Crippen LogP contribution is -2.37. The van der Waals surface area contributed by atoms with Crippen LogP contribution >= 0.6 is 23.5 Å². The Morgan fingerprint density at radius 2 is 2.19 bits per heavy atom. The van der Waals surface area contributed by atoms with E-state index in [0.29, 0.717) is 18.7 Å². The quantitative estimate of drug-likeness (QED) is 0.918. The molecule has 1 fully saturated rings. The number of hydrogen-bond donors (Lipinski definition) is 1. The van der Waals surface area contributed by atoms with Crippen molar-refractivity contribution < 1.29 is 18.0 Å². The molecule has 1 aliphatic rings. The molecule has 1 unspecified atom stereocenters. The van der Waals surface area contributed by atoms with Gasteiger partial charge < -0.3 is 5.32 Å². The maximum atomic E-state index is 12.4. The second kappa shape index (κ2) is 7.40. The zero-order chi connectivity index (χ0) is 15.3. The highest BCUT2D eigenvalue weighted by Gasteiger charge is 2.30. The van der Waals surface area contributed by atoms with Gasteiger partial charge in [-0.1, -0.05) is 0 Å². The number of aromatic nitrogens is 1. The molecule has 1 N–H and O–H groups in total. The number of carbonyl (C=O) groups excluding carboxylic acids is 1. The van der Waals surface area contributed by atoms with E-state index >= 15 is 0 Å². The third kappa shape index (κ3) is 5.10. The summed E-state index contributed by atoms with van der Waals surface area (Å²) in [5.74, 6) is 2.86. The number of thioether (sulfide) groups is 2. The lowest BCUT2D eigenvalue weighted by atomic mass is 10.2. The normalized spacial score (nSPS) is 19.3. The van der Waals surface area contributed by atoms with Gasteiger partial charge in [0, 0.05) is 42.1 Å². The first-order chi connectivity index (χ1) is 9.97. The first kappa shape index (κ1) is 16.5. The molecule has 1 aromatic heterocycles. The predicted molar refractivity (Wildman–Crippen MR) is 79.5 cm³/mol. The molecule has 1 saturated heterocycles. The van der Waals surface area contributed by atoms with Crippen LogP contribution in [0.5, 0.6) is 0 Å². The van der Waals surface area contributed by atoms with Crippen molar-refractivity contribution >= 4 is 29.4 Å². The summed E-state index contributed by atoms with van der Waals surface area (Å²) in [4.78, 5) is 15.6. The third-order valence-electron chi connectivity index (χ3n) is 2.94. The van der Waals surface area contributed by atoms with Crippen LogP contribution < -0.4 is 5.32 Å². The molecule has 0 spiro atoms. The molecule has 1 atom stereocenters. The molecule has 116 valence electrons. The molecule has 0 radical (unpaired) electrons. The molecule has 3 nitrogen and oxygen atoms in total. The Hall–Kier alpha value is -0.890. The lowest BCUT2D eigenvalue weighted by Gasteiger charge is -2.20. The van der Waals surface area contributed by atoms with Crippen molar-refractivity contribution in [1.29, 1.82) is 0 Å². The zero-order valence-electron chi connectivity index (χ0n) is 11.2. The first-order valence-corrected chi connectivity index (χ1v) is 8.66. The zero-order valence-corrected chi connectivity index (χ0v) is 12.8. The molecule has 1 aliphatic heterocycles. The fourth-order valence-corrected chi connectivity index (χ4v) is 4.39. The van der Waals surface area contributed by atoms with Crippen LogP contribution in [0.15, 0.2) is 18.3 Å². The van der Waals surface area contributed by atoms with Crippen LogP contribution in [0.1, 0.15) is 11.3 Å². The Kier molecular flexibility index (Phi) is 5.80. The van der Waals surface area contributed by atoms with Gasteiger partial charge in [-0.05, 0) is 12.1 Å². The minimum absolute atomic E-state index is 0.000823. The molecule has 0 bridgehead atoms. The van der Waals surface area contributed by atoms with Crippen LogP contribution in [0.25, 0.3) is 0 Å². The van der Waals surface area contributed by atoms with Crippen molar-refractivity contribution in [2.75, 3.05) is 23.8 Å². The van der Waals surface area contributed by atoms with Crippen LogP contribution in [0, 0.1) is 0 Å². The number of pyridine rings is 1. The summed E-state index contributed by atoms with van der Waals surface area (Å²) in [6, 6.07) is 2.36. The van der Waals surface area contributed by atoms with E-state index in [1.165, 1.54) is 6.07 Å². The van der Waals surface area contributed by atoms with Crippen LogP contribution in [0.4, 0.5) is 13.2 Å². The van der Waals surface area contributed by atoms with Crippen molar-refractivity contribution in [3.8, 4) is 0 Å². The number of nitrogens with one attached hydrogen (secondary N) is 1. The number of hydrogen-bond acceptors (Lipinski definition) is 4. The molecule has 8 heteroatoms. The molecule has 0 aliphatic carbocycles. The average molecular weight is 336 g/mol.